The minimum atomic E-state index is -0.475. The fourth-order valence-corrected chi connectivity index (χ4v) is 1.56. The van der Waals surface area contributed by atoms with Gasteiger partial charge < -0.3 is 14.6 Å². The van der Waals surface area contributed by atoms with E-state index >= 15 is 0 Å². The molecule has 0 aliphatic carbocycles. The highest BCUT2D eigenvalue weighted by molar-refractivity contribution is 5.69. The van der Waals surface area contributed by atoms with Crippen molar-refractivity contribution in [2.75, 3.05) is 13.2 Å². The molecule has 14 heavy (non-hydrogen) atoms. The van der Waals surface area contributed by atoms with E-state index in [0.717, 1.165) is 19.3 Å². The van der Waals surface area contributed by atoms with Crippen LogP contribution in [0.1, 0.15) is 32.6 Å². The summed E-state index contributed by atoms with van der Waals surface area (Å²) in [5.41, 5.74) is 0. The van der Waals surface area contributed by atoms with Crippen LogP contribution in [0.4, 0.5) is 0 Å². The summed E-state index contributed by atoms with van der Waals surface area (Å²) in [5, 5.41) is 9.05. The normalized spacial score (nSPS) is 23.4. The second kappa shape index (κ2) is 5.98. The summed E-state index contributed by atoms with van der Waals surface area (Å²) in [6.45, 7) is 2.47. The second-order valence-electron chi connectivity index (χ2n) is 3.51. The Kier molecular flexibility index (Phi) is 4.90. The van der Waals surface area contributed by atoms with Gasteiger partial charge in [-0.05, 0) is 19.3 Å². The van der Waals surface area contributed by atoms with Crippen LogP contribution in [0.25, 0.3) is 0 Å². The average molecular weight is 202 g/mol. The predicted octanol–water partition coefficient (Wildman–Crippen LogP) is 0.870. The number of aliphatic hydroxyl groups excluding tert-OH is 1. The molecule has 0 aromatic heterocycles. The van der Waals surface area contributed by atoms with E-state index in [9.17, 15) is 4.79 Å². The van der Waals surface area contributed by atoms with Gasteiger partial charge in [-0.1, -0.05) is 6.92 Å². The summed E-state index contributed by atoms with van der Waals surface area (Å²) >= 11 is 0. The van der Waals surface area contributed by atoms with E-state index in [1.807, 2.05) is 6.92 Å². The fourth-order valence-electron chi connectivity index (χ4n) is 1.56. The average Bonchev–Trinajstić information content (AvgIpc) is 2.67. The smallest absolute Gasteiger partial charge is 0.306 e. The van der Waals surface area contributed by atoms with E-state index in [2.05, 4.69) is 0 Å². The van der Waals surface area contributed by atoms with E-state index in [1.54, 1.807) is 0 Å². The van der Waals surface area contributed by atoms with Crippen LogP contribution >= 0.6 is 0 Å². The van der Waals surface area contributed by atoms with Crippen molar-refractivity contribution in [3.63, 3.8) is 0 Å². The molecule has 0 aromatic carbocycles. The van der Waals surface area contributed by atoms with E-state index in [0.29, 0.717) is 13.0 Å². The van der Waals surface area contributed by atoms with Crippen molar-refractivity contribution in [1.82, 2.24) is 0 Å². The van der Waals surface area contributed by atoms with Gasteiger partial charge in [0.2, 0.25) is 0 Å². The molecule has 1 aliphatic heterocycles. The highest BCUT2D eigenvalue weighted by Gasteiger charge is 2.28. The maximum absolute atomic E-state index is 11.2. The first kappa shape index (κ1) is 11.5. The molecule has 0 spiro atoms. The SMILES string of the molecule is CCCC(=O)O[C@@H](CO)[C@@H]1CCCO1. The lowest BCUT2D eigenvalue weighted by Gasteiger charge is -2.20. The van der Waals surface area contributed by atoms with Gasteiger partial charge in [0.1, 0.15) is 0 Å². The minimum absolute atomic E-state index is 0.110. The number of carbonyl (C=O) groups is 1. The lowest BCUT2D eigenvalue weighted by atomic mass is 10.1. The maximum Gasteiger partial charge on any atom is 0.306 e. The fraction of sp³-hybridized carbons (Fsp3) is 0.900. The Balaban J connectivity index is 2.33. The topological polar surface area (TPSA) is 55.8 Å². The van der Waals surface area contributed by atoms with E-state index < -0.39 is 6.10 Å². The van der Waals surface area contributed by atoms with Crippen LogP contribution in [0, 0.1) is 0 Å². The third-order valence-corrected chi connectivity index (χ3v) is 2.30. The number of hydrogen-bond donors (Lipinski definition) is 1. The van der Waals surface area contributed by atoms with E-state index in [-0.39, 0.29) is 18.7 Å². The Morgan fingerprint density at radius 2 is 2.50 bits per heavy atom. The Labute approximate surface area is 84.2 Å². The van der Waals surface area contributed by atoms with Gasteiger partial charge in [0.05, 0.1) is 12.7 Å². The standard InChI is InChI=1S/C10H18O4/c1-2-4-10(12)14-9(7-11)8-5-3-6-13-8/h8-9,11H,2-7H2,1H3/t8-,9-/m0/s1. The molecule has 4 heteroatoms. The Morgan fingerprint density at radius 1 is 1.71 bits per heavy atom. The highest BCUT2D eigenvalue weighted by Crippen LogP contribution is 2.18. The van der Waals surface area contributed by atoms with Crippen LogP contribution in [0.5, 0.6) is 0 Å². The third kappa shape index (κ3) is 3.27. The summed E-state index contributed by atoms with van der Waals surface area (Å²) in [4.78, 5) is 11.2. The molecule has 0 saturated carbocycles. The predicted molar refractivity (Wildman–Crippen MR) is 50.8 cm³/mol. The van der Waals surface area contributed by atoms with Crippen LogP contribution in [0.2, 0.25) is 0 Å². The van der Waals surface area contributed by atoms with Gasteiger partial charge in [0.25, 0.3) is 0 Å². The van der Waals surface area contributed by atoms with Crippen molar-refractivity contribution in [1.29, 1.82) is 0 Å². The largest absolute Gasteiger partial charge is 0.457 e. The number of hydrogen-bond acceptors (Lipinski definition) is 4. The van der Waals surface area contributed by atoms with Gasteiger partial charge in [-0.25, -0.2) is 0 Å². The summed E-state index contributed by atoms with van der Waals surface area (Å²) < 4.78 is 10.5. The maximum atomic E-state index is 11.2. The van der Waals surface area contributed by atoms with Crippen molar-refractivity contribution in [2.45, 2.75) is 44.8 Å². The molecule has 1 fully saturated rings. The van der Waals surface area contributed by atoms with Crippen molar-refractivity contribution in [3.05, 3.63) is 0 Å². The van der Waals surface area contributed by atoms with Crippen LogP contribution in [0.3, 0.4) is 0 Å². The van der Waals surface area contributed by atoms with Gasteiger partial charge in [0.15, 0.2) is 6.10 Å². The zero-order chi connectivity index (χ0) is 10.4. The first-order chi connectivity index (χ1) is 6.77. The molecular formula is C10H18O4. The van der Waals surface area contributed by atoms with Crippen molar-refractivity contribution in [2.24, 2.45) is 0 Å². The summed E-state index contributed by atoms with van der Waals surface area (Å²) in [7, 11) is 0. The van der Waals surface area contributed by atoms with Crippen LogP contribution < -0.4 is 0 Å². The molecule has 0 amide bonds. The Hall–Kier alpha value is -0.610. The van der Waals surface area contributed by atoms with Gasteiger partial charge in [0, 0.05) is 13.0 Å². The summed E-state index contributed by atoms with van der Waals surface area (Å²) in [5.74, 6) is -0.248. The molecule has 0 radical (unpaired) electrons. The van der Waals surface area contributed by atoms with Crippen LogP contribution in [-0.4, -0.2) is 36.5 Å². The summed E-state index contributed by atoms with van der Waals surface area (Å²) in [6, 6.07) is 0. The lowest BCUT2D eigenvalue weighted by Crippen LogP contribution is -2.34. The zero-order valence-corrected chi connectivity index (χ0v) is 8.57. The van der Waals surface area contributed by atoms with Gasteiger partial charge in [-0.2, -0.15) is 0 Å². The molecule has 1 rings (SSSR count). The second-order valence-corrected chi connectivity index (χ2v) is 3.51. The first-order valence-corrected chi connectivity index (χ1v) is 5.20. The molecular weight excluding hydrogens is 184 g/mol. The van der Waals surface area contributed by atoms with E-state index in [4.69, 9.17) is 14.6 Å². The number of ether oxygens (including phenoxy) is 2. The minimum Gasteiger partial charge on any atom is -0.457 e. The van der Waals surface area contributed by atoms with Gasteiger partial charge >= 0.3 is 5.97 Å². The number of carbonyl (C=O) groups excluding carboxylic acids is 1. The molecule has 0 unspecified atom stereocenters. The zero-order valence-electron chi connectivity index (χ0n) is 8.57. The molecule has 4 nitrogen and oxygen atoms in total. The molecule has 0 aromatic rings. The third-order valence-electron chi connectivity index (χ3n) is 2.30. The molecule has 1 heterocycles. The number of esters is 1. The van der Waals surface area contributed by atoms with Gasteiger partial charge in [-0.15, -0.1) is 0 Å². The van der Waals surface area contributed by atoms with Crippen LogP contribution in [0.15, 0.2) is 0 Å². The molecule has 0 bridgehead atoms. The first-order valence-electron chi connectivity index (χ1n) is 5.20. The van der Waals surface area contributed by atoms with Crippen LogP contribution in [-0.2, 0) is 14.3 Å². The Morgan fingerprint density at radius 3 is 3.00 bits per heavy atom. The van der Waals surface area contributed by atoms with Crippen molar-refractivity contribution >= 4 is 5.97 Å². The molecule has 82 valence electrons. The number of aliphatic hydroxyl groups is 1. The van der Waals surface area contributed by atoms with Crippen molar-refractivity contribution in [3.8, 4) is 0 Å². The van der Waals surface area contributed by atoms with E-state index in [1.165, 1.54) is 0 Å². The molecule has 1 N–H and O–H groups in total. The quantitative estimate of drug-likeness (QED) is 0.672. The van der Waals surface area contributed by atoms with Crippen molar-refractivity contribution < 1.29 is 19.4 Å². The number of rotatable bonds is 5. The summed E-state index contributed by atoms with van der Waals surface area (Å²) in [6.07, 6.45) is 2.43. The molecule has 1 aliphatic rings. The molecule has 2 atom stereocenters. The lowest BCUT2D eigenvalue weighted by molar-refractivity contribution is -0.158. The van der Waals surface area contributed by atoms with Gasteiger partial charge in [-0.3, -0.25) is 4.79 Å². The highest BCUT2D eigenvalue weighted by atomic mass is 16.6. The molecule has 1 saturated heterocycles. The monoisotopic (exact) mass is 202 g/mol. The Bertz CT molecular complexity index is 175.